The van der Waals surface area contributed by atoms with E-state index in [1.54, 1.807) is 7.05 Å². The summed E-state index contributed by atoms with van der Waals surface area (Å²) in [5.74, 6) is 0.712. The summed E-state index contributed by atoms with van der Waals surface area (Å²) in [5.41, 5.74) is 6.23. The van der Waals surface area contributed by atoms with Crippen LogP contribution in [0.2, 0.25) is 0 Å². The normalized spacial score (nSPS) is 17.6. The van der Waals surface area contributed by atoms with Crippen molar-refractivity contribution >= 4 is 11.7 Å². The SMILES string of the molecule is CC(CNC(=O)c1cnn(C)c1N)CN1CCCC1. The molecule has 19 heavy (non-hydrogen) atoms. The summed E-state index contributed by atoms with van der Waals surface area (Å²) >= 11 is 0. The molecule has 2 rings (SSSR count). The maximum absolute atomic E-state index is 12.0. The Bertz CT molecular complexity index is 436. The van der Waals surface area contributed by atoms with Crippen molar-refractivity contribution in [1.82, 2.24) is 20.0 Å². The third kappa shape index (κ3) is 3.47. The van der Waals surface area contributed by atoms with Gasteiger partial charge in [0.1, 0.15) is 11.4 Å². The Labute approximate surface area is 113 Å². The highest BCUT2D eigenvalue weighted by Gasteiger charge is 2.17. The highest BCUT2D eigenvalue weighted by Crippen LogP contribution is 2.11. The lowest BCUT2D eigenvalue weighted by atomic mass is 10.1. The van der Waals surface area contributed by atoms with Crippen molar-refractivity contribution in [1.29, 1.82) is 0 Å². The zero-order chi connectivity index (χ0) is 13.8. The molecule has 106 valence electrons. The summed E-state index contributed by atoms with van der Waals surface area (Å²) in [5, 5.41) is 6.90. The zero-order valence-electron chi connectivity index (χ0n) is 11.7. The third-order valence-electron chi connectivity index (χ3n) is 3.61. The van der Waals surface area contributed by atoms with Crippen LogP contribution < -0.4 is 11.1 Å². The minimum Gasteiger partial charge on any atom is -0.383 e. The molecule has 0 aromatic carbocycles. The van der Waals surface area contributed by atoms with Crippen molar-refractivity contribution in [2.75, 3.05) is 31.9 Å². The fourth-order valence-corrected chi connectivity index (χ4v) is 2.45. The lowest BCUT2D eigenvalue weighted by Gasteiger charge is -2.20. The summed E-state index contributed by atoms with van der Waals surface area (Å²) in [6, 6.07) is 0. The molecule has 2 heterocycles. The molecule has 0 bridgehead atoms. The average molecular weight is 265 g/mol. The molecule has 0 spiro atoms. The molecule has 0 saturated carbocycles. The topological polar surface area (TPSA) is 76.2 Å². The van der Waals surface area contributed by atoms with E-state index >= 15 is 0 Å². The van der Waals surface area contributed by atoms with E-state index < -0.39 is 0 Å². The number of nitrogens with zero attached hydrogens (tertiary/aromatic N) is 3. The van der Waals surface area contributed by atoms with Crippen LogP contribution in [-0.2, 0) is 7.05 Å². The smallest absolute Gasteiger partial charge is 0.256 e. The summed E-state index contributed by atoms with van der Waals surface area (Å²) < 4.78 is 1.50. The van der Waals surface area contributed by atoms with Crippen molar-refractivity contribution in [3.63, 3.8) is 0 Å². The van der Waals surface area contributed by atoms with Crippen molar-refractivity contribution in [2.45, 2.75) is 19.8 Å². The molecule has 1 aromatic rings. The maximum atomic E-state index is 12.0. The Morgan fingerprint density at radius 2 is 2.21 bits per heavy atom. The van der Waals surface area contributed by atoms with Gasteiger partial charge in [-0.25, -0.2) is 0 Å². The minimum atomic E-state index is -0.140. The van der Waals surface area contributed by atoms with E-state index in [1.165, 1.54) is 36.8 Å². The van der Waals surface area contributed by atoms with E-state index in [1.807, 2.05) is 0 Å². The number of amides is 1. The van der Waals surface area contributed by atoms with Crippen LogP contribution in [0.25, 0.3) is 0 Å². The molecular weight excluding hydrogens is 242 g/mol. The first kappa shape index (κ1) is 13.9. The van der Waals surface area contributed by atoms with Gasteiger partial charge in [0.25, 0.3) is 5.91 Å². The van der Waals surface area contributed by atoms with Crippen LogP contribution in [-0.4, -0.2) is 46.8 Å². The van der Waals surface area contributed by atoms with Crippen LogP contribution in [0.3, 0.4) is 0 Å². The van der Waals surface area contributed by atoms with Gasteiger partial charge < -0.3 is 16.0 Å². The molecule has 1 aliphatic rings. The molecule has 1 amide bonds. The number of nitrogens with two attached hydrogens (primary N) is 1. The quantitative estimate of drug-likeness (QED) is 0.811. The number of likely N-dealkylation sites (tertiary alicyclic amines) is 1. The standard InChI is InChI=1S/C13H23N5O/c1-10(9-18-5-3-4-6-18)7-15-13(19)11-8-16-17(2)12(11)14/h8,10H,3-7,9,14H2,1-2H3,(H,15,19). The predicted octanol–water partition coefficient (Wildman–Crippen LogP) is 0.464. The molecule has 0 aliphatic carbocycles. The Balaban J connectivity index is 1.78. The second-order valence-electron chi connectivity index (χ2n) is 5.39. The predicted molar refractivity (Wildman–Crippen MR) is 74.8 cm³/mol. The Hall–Kier alpha value is -1.56. The lowest BCUT2D eigenvalue weighted by molar-refractivity contribution is 0.0946. The molecule has 3 N–H and O–H groups in total. The summed E-state index contributed by atoms with van der Waals surface area (Å²) in [6.07, 6.45) is 4.10. The van der Waals surface area contributed by atoms with Crippen LogP contribution >= 0.6 is 0 Å². The van der Waals surface area contributed by atoms with Gasteiger partial charge >= 0.3 is 0 Å². The molecule has 6 nitrogen and oxygen atoms in total. The largest absolute Gasteiger partial charge is 0.383 e. The third-order valence-corrected chi connectivity index (χ3v) is 3.61. The van der Waals surface area contributed by atoms with E-state index in [9.17, 15) is 4.79 Å². The van der Waals surface area contributed by atoms with E-state index in [4.69, 9.17) is 5.73 Å². The van der Waals surface area contributed by atoms with Crippen molar-refractivity contribution in [3.8, 4) is 0 Å². The fraction of sp³-hybridized carbons (Fsp3) is 0.692. The van der Waals surface area contributed by atoms with Crippen LogP contribution in [0.5, 0.6) is 0 Å². The summed E-state index contributed by atoms with van der Waals surface area (Å²) in [7, 11) is 1.72. The van der Waals surface area contributed by atoms with Crippen molar-refractivity contribution < 1.29 is 4.79 Å². The first-order chi connectivity index (χ1) is 9.08. The molecule has 6 heteroatoms. The van der Waals surface area contributed by atoms with Gasteiger partial charge in [-0.2, -0.15) is 5.10 Å². The van der Waals surface area contributed by atoms with Gasteiger partial charge in [-0.1, -0.05) is 6.92 Å². The lowest BCUT2D eigenvalue weighted by Crippen LogP contribution is -2.34. The van der Waals surface area contributed by atoms with E-state index in [2.05, 4.69) is 22.2 Å². The number of hydrogen-bond donors (Lipinski definition) is 2. The van der Waals surface area contributed by atoms with E-state index in [0.29, 0.717) is 23.8 Å². The maximum Gasteiger partial charge on any atom is 0.256 e. The highest BCUT2D eigenvalue weighted by atomic mass is 16.1. The Morgan fingerprint density at radius 3 is 2.79 bits per heavy atom. The van der Waals surface area contributed by atoms with Gasteiger partial charge in [-0.05, 0) is 31.8 Å². The van der Waals surface area contributed by atoms with Gasteiger partial charge in [-0.15, -0.1) is 0 Å². The molecule has 1 atom stereocenters. The van der Waals surface area contributed by atoms with Gasteiger partial charge in [0, 0.05) is 20.1 Å². The number of aromatic nitrogens is 2. The number of nitrogen functional groups attached to an aromatic ring is 1. The number of hydrogen-bond acceptors (Lipinski definition) is 4. The molecule has 1 aromatic heterocycles. The average Bonchev–Trinajstić information content (AvgIpc) is 2.99. The number of anilines is 1. The first-order valence-electron chi connectivity index (χ1n) is 6.86. The summed E-state index contributed by atoms with van der Waals surface area (Å²) in [6.45, 7) is 6.25. The second-order valence-corrected chi connectivity index (χ2v) is 5.39. The van der Waals surface area contributed by atoms with Crippen molar-refractivity contribution in [3.05, 3.63) is 11.8 Å². The molecule has 1 aliphatic heterocycles. The van der Waals surface area contributed by atoms with Crippen LogP contribution in [0.15, 0.2) is 6.20 Å². The first-order valence-corrected chi connectivity index (χ1v) is 6.86. The molecule has 1 saturated heterocycles. The number of rotatable bonds is 5. The monoisotopic (exact) mass is 265 g/mol. The number of aryl methyl sites for hydroxylation is 1. The molecule has 1 fully saturated rings. The van der Waals surface area contributed by atoms with Crippen LogP contribution in [0.1, 0.15) is 30.1 Å². The number of carbonyl (C=O) groups is 1. The Kier molecular flexibility index (Phi) is 4.42. The molecule has 1 unspecified atom stereocenters. The summed E-state index contributed by atoms with van der Waals surface area (Å²) in [4.78, 5) is 14.4. The number of nitrogens with one attached hydrogen (secondary N) is 1. The van der Waals surface area contributed by atoms with Crippen LogP contribution in [0.4, 0.5) is 5.82 Å². The van der Waals surface area contributed by atoms with Gasteiger partial charge in [0.2, 0.25) is 0 Å². The number of carbonyl (C=O) groups excluding carboxylic acids is 1. The van der Waals surface area contributed by atoms with E-state index in [0.717, 1.165) is 6.54 Å². The van der Waals surface area contributed by atoms with Crippen molar-refractivity contribution in [2.24, 2.45) is 13.0 Å². The van der Waals surface area contributed by atoms with Gasteiger partial charge in [0.05, 0.1) is 6.20 Å². The Morgan fingerprint density at radius 1 is 1.53 bits per heavy atom. The second kappa shape index (κ2) is 6.06. The van der Waals surface area contributed by atoms with Gasteiger partial charge in [-0.3, -0.25) is 9.48 Å². The van der Waals surface area contributed by atoms with E-state index in [-0.39, 0.29) is 5.91 Å². The van der Waals surface area contributed by atoms with Crippen LogP contribution in [0, 0.1) is 5.92 Å². The fourth-order valence-electron chi connectivity index (χ4n) is 2.45. The zero-order valence-corrected chi connectivity index (χ0v) is 11.7. The minimum absolute atomic E-state index is 0.140. The highest BCUT2D eigenvalue weighted by molar-refractivity contribution is 5.98. The molecular formula is C13H23N5O. The molecule has 0 radical (unpaired) electrons. The van der Waals surface area contributed by atoms with Gasteiger partial charge in [0.15, 0.2) is 0 Å².